The molecule has 0 aliphatic carbocycles. The van der Waals surface area contributed by atoms with Crippen molar-refractivity contribution in [2.75, 3.05) is 52.4 Å². The fourth-order valence-electron chi connectivity index (χ4n) is 3.75. The molecule has 6 nitrogen and oxygen atoms in total. The number of para-hydroxylation sites is 1. The number of piperazine rings is 1. The van der Waals surface area contributed by atoms with E-state index in [0.29, 0.717) is 0 Å². The molecule has 0 spiro atoms. The van der Waals surface area contributed by atoms with E-state index in [1.54, 1.807) is 32.7 Å². The molecule has 0 radical (unpaired) electrons. The van der Waals surface area contributed by atoms with Crippen LogP contribution in [0.15, 0.2) is 47.8 Å². The van der Waals surface area contributed by atoms with Crippen LogP contribution < -0.4 is 19.1 Å². The Bertz CT molecular complexity index is 966. The molecule has 1 aliphatic rings. The molecule has 0 unspecified atom stereocenters. The summed E-state index contributed by atoms with van der Waals surface area (Å²) < 4.78 is 16.2. The maximum absolute atomic E-state index is 5.57. The zero-order valence-corrected chi connectivity index (χ0v) is 18.4. The summed E-state index contributed by atoms with van der Waals surface area (Å²) in [7, 11) is 5.01. The summed E-state index contributed by atoms with van der Waals surface area (Å²) >= 11 is 1.65. The van der Waals surface area contributed by atoms with Crippen LogP contribution in [0.5, 0.6) is 17.2 Å². The largest absolute Gasteiger partial charge is 0.497 e. The van der Waals surface area contributed by atoms with Crippen LogP contribution >= 0.6 is 11.3 Å². The highest BCUT2D eigenvalue weighted by Crippen LogP contribution is 2.39. The molecular weight excluding hydrogens is 398 g/mol. The zero-order valence-electron chi connectivity index (χ0n) is 17.6. The van der Waals surface area contributed by atoms with Crippen molar-refractivity contribution >= 4 is 17.0 Å². The number of hydrogen-bond donors (Lipinski definition) is 0. The number of hydrogen-bond acceptors (Lipinski definition) is 7. The van der Waals surface area contributed by atoms with Crippen LogP contribution in [0.2, 0.25) is 0 Å². The Kier molecular flexibility index (Phi) is 6.40. The molecule has 0 bridgehead atoms. The second-order valence-electron chi connectivity index (χ2n) is 7.15. The second kappa shape index (κ2) is 9.36. The molecule has 7 heteroatoms. The Labute approximate surface area is 181 Å². The van der Waals surface area contributed by atoms with Crippen molar-refractivity contribution in [3.8, 4) is 27.8 Å². The van der Waals surface area contributed by atoms with Crippen LogP contribution in [-0.2, 0) is 6.54 Å². The molecule has 1 saturated heterocycles. The molecule has 3 aromatic rings. The van der Waals surface area contributed by atoms with Crippen LogP contribution in [-0.4, -0.2) is 57.4 Å². The standard InChI is InChI=1S/C23H27N3O3S/c1-27-19-9-7-18(8-10-19)26-13-11-25(12-14-26)15-17-16-30-23(24-17)20-5-4-6-21(28-2)22(20)29-3/h4-10,16H,11-15H2,1-3H3. The van der Waals surface area contributed by atoms with Crippen molar-refractivity contribution in [1.29, 1.82) is 0 Å². The first-order valence-electron chi connectivity index (χ1n) is 9.99. The Morgan fingerprint density at radius 1 is 0.900 bits per heavy atom. The van der Waals surface area contributed by atoms with Crippen LogP contribution in [0, 0.1) is 0 Å². The Balaban J connectivity index is 1.38. The summed E-state index contributed by atoms with van der Waals surface area (Å²) in [4.78, 5) is 9.75. The molecule has 0 atom stereocenters. The van der Waals surface area contributed by atoms with Crippen molar-refractivity contribution in [3.05, 3.63) is 53.5 Å². The van der Waals surface area contributed by atoms with Crippen molar-refractivity contribution in [2.45, 2.75) is 6.54 Å². The van der Waals surface area contributed by atoms with Crippen LogP contribution in [0.4, 0.5) is 5.69 Å². The Morgan fingerprint density at radius 2 is 1.67 bits per heavy atom. The van der Waals surface area contributed by atoms with Gasteiger partial charge < -0.3 is 19.1 Å². The van der Waals surface area contributed by atoms with Gasteiger partial charge in [-0.2, -0.15) is 0 Å². The normalized spacial score (nSPS) is 14.6. The molecule has 1 aliphatic heterocycles. The highest BCUT2D eigenvalue weighted by Gasteiger charge is 2.19. The van der Waals surface area contributed by atoms with E-state index in [9.17, 15) is 0 Å². The lowest BCUT2D eigenvalue weighted by Crippen LogP contribution is -2.46. The van der Waals surface area contributed by atoms with E-state index in [1.807, 2.05) is 30.3 Å². The first kappa shape index (κ1) is 20.5. The third-order valence-corrected chi connectivity index (χ3v) is 6.30. The van der Waals surface area contributed by atoms with Crippen LogP contribution in [0.3, 0.4) is 0 Å². The molecule has 0 N–H and O–H groups in total. The average Bonchev–Trinajstić information content (AvgIpc) is 3.27. The molecule has 158 valence electrons. The van der Waals surface area contributed by atoms with Gasteiger partial charge in [-0.1, -0.05) is 6.07 Å². The Hall–Kier alpha value is -2.77. The van der Waals surface area contributed by atoms with E-state index in [4.69, 9.17) is 19.2 Å². The Morgan fingerprint density at radius 3 is 2.33 bits per heavy atom. The predicted molar refractivity (Wildman–Crippen MR) is 121 cm³/mol. The summed E-state index contributed by atoms with van der Waals surface area (Å²) in [6.45, 7) is 4.90. The van der Waals surface area contributed by atoms with Gasteiger partial charge in [-0.05, 0) is 36.4 Å². The third-order valence-electron chi connectivity index (χ3n) is 5.38. The number of ether oxygens (including phenoxy) is 3. The molecule has 2 heterocycles. The zero-order chi connectivity index (χ0) is 20.9. The molecule has 0 saturated carbocycles. The van der Waals surface area contributed by atoms with Crippen molar-refractivity contribution in [1.82, 2.24) is 9.88 Å². The smallest absolute Gasteiger partial charge is 0.170 e. The van der Waals surface area contributed by atoms with Gasteiger partial charge in [-0.25, -0.2) is 4.98 Å². The van der Waals surface area contributed by atoms with E-state index in [1.165, 1.54) is 5.69 Å². The molecular formula is C23H27N3O3S. The predicted octanol–water partition coefficient (Wildman–Crippen LogP) is 4.16. The van der Waals surface area contributed by atoms with Crippen LogP contribution in [0.1, 0.15) is 5.69 Å². The quantitative estimate of drug-likeness (QED) is 0.567. The van der Waals surface area contributed by atoms with Gasteiger partial charge >= 0.3 is 0 Å². The number of aromatic nitrogens is 1. The van der Waals surface area contributed by atoms with Crippen molar-refractivity contribution in [3.63, 3.8) is 0 Å². The van der Waals surface area contributed by atoms with E-state index in [2.05, 4.69) is 27.3 Å². The lowest BCUT2D eigenvalue weighted by Gasteiger charge is -2.35. The fourth-order valence-corrected chi connectivity index (χ4v) is 4.58. The van der Waals surface area contributed by atoms with Crippen molar-refractivity contribution < 1.29 is 14.2 Å². The van der Waals surface area contributed by atoms with Gasteiger partial charge in [0.15, 0.2) is 11.5 Å². The average molecular weight is 426 g/mol. The monoisotopic (exact) mass is 425 g/mol. The number of anilines is 1. The molecule has 0 amide bonds. The van der Waals surface area contributed by atoms with Crippen molar-refractivity contribution in [2.24, 2.45) is 0 Å². The van der Waals surface area contributed by atoms with E-state index < -0.39 is 0 Å². The van der Waals surface area contributed by atoms with Crippen LogP contribution in [0.25, 0.3) is 10.6 Å². The summed E-state index contributed by atoms with van der Waals surface area (Å²) in [6, 6.07) is 14.2. The number of benzene rings is 2. The van der Waals surface area contributed by atoms with E-state index >= 15 is 0 Å². The molecule has 1 aromatic heterocycles. The first-order chi connectivity index (χ1) is 14.7. The first-order valence-corrected chi connectivity index (χ1v) is 10.9. The highest BCUT2D eigenvalue weighted by atomic mass is 32.1. The molecule has 30 heavy (non-hydrogen) atoms. The lowest BCUT2D eigenvalue weighted by molar-refractivity contribution is 0.247. The number of methoxy groups -OCH3 is 3. The van der Waals surface area contributed by atoms with Gasteiger partial charge in [0.25, 0.3) is 0 Å². The molecule has 4 rings (SSSR count). The van der Waals surface area contributed by atoms with E-state index in [0.717, 1.165) is 66.2 Å². The number of rotatable bonds is 7. The number of nitrogens with zero attached hydrogens (tertiary/aromatic N) is 3. The summed E-state index contributed by atoms with van der Waals surface area (Å²) in [6.07, 6.45) is 0. The van der Waals surface area contributed by atoms with E-state index in [-0.39, 0.29) is 0 Å². The minimum absolute atomic E-state index is 0.724. The minimum atomic E-state index is 0.724. The van der Waals surface area contributed by atoms with Gasteiger partial charge in [-0.3, -0.25) is 4.90 Å². The van der Waals surface area contributed by atoms with Gasteiger partial charge in [0, 0.05) is 43.8 Å². The maximum Gasteiger partial charge on any atom is 0.170 e. The third kappa shape index (κ3) is 4.37. The number of thiazole rings is 1. The van der Waals surface area contributed by atoms with Gasteiger partial charge in [0.2, 0.25) is 0 Å². The fraction of sp³-hybridized carbons (Fsp3) is 0.348. The summed E-state index contributed by atoms with van der Waals surface area (Å²) in [5.74, 6) is 2.35. The highest BCUT2D eigenvalue weighted by molar-refractivity contribution is 7.13. The summed E-state index contributed by atoms with van der Waals surface area (Å²) in [5.41, 5.74) is 3.31. The summed E-state index contributed by atoms with van der Waals surface area (Å²) in [5, 5.41) is 3.10. The van der Waals surface area contributed by atoms with Gasteiger partial charge in [0.1, 0.15) is 10.8 Å². The second-order valence-corrected chi connectivity index (χ2v) is 8.00. The maximum atomic E-state index is 5.57. The van der Waals surface area contributed by atoms with Gasteiger partial charge in [0.05, 0.1) is 32.6 Å². The SMILES string of the molecule is COc1ccc(N2CCN(Cc3csc(-c4cccc(OC)c4OC)n3)CC2)cc1. The molecule has 2 aromatic carbocycles. The topological polar surface area (TPSA) is 47.1 Å². The minimum Gasteiger partial charge on any atom is -0.497 e. The molecule has 1 fully saturated rings. The van der Waals surface area contributed by atoms with Gasteiger partial charge in [-0.15, -0.1) is 11.3 Å². The lowest BCUT2D eigenvalue weighted by atomic mass is 10.2.